The number of hydroxylamine groups is 2. The lowest BCUT2D eigenvalue weighted by Crippen LogP contribution is -2.33. The average Bonchev–Trinajstić information content (AvgIpc) is 2.54. The first-order valence-corrected chi connectivity index (χ1v) is 8.26. The largest absolute Gasteiger partial charge is 0.346 e. The minimum Gasteiger partial charge on any atom is -0.306 e. The van der Waals surface area contributed by atoms with E-state index in [4.69, 9.17) is 4.84 Å². The number of anilines is 1. The summed E-state index contributed by atoms with van der Waals surface area (Å²) in [5.41, 5.74) is 1.59. The summed E-state index contributed by atoms with van der Waals surface area (Å²) in [7, 11) is 0.416. The highest BCUT2D eigenvalue weighted by Crippen LogP contribution is 2.13. The molecule has 0 heterocycles. The zero-order valence-electron chi connectivity index (χ0n) is 12.5. The summed E-state index contributed by atoms with van der Waals surface area (Å²) in [6, 6.07) is 16.1. The zero-order chi connectivity index (χ0) is 15.9. The Morgan fingerprint density at radius 2 is 1.77 bits per heavy atom. The minimum atomic E-state index is -1.03. The van der Waals surface area contributed by atoms with Gasteiger partial charge in [-0.25, -0.2) is 4.79 Å². The molecule has 6 heteroatoms. The number of carbonyl (C=O) groups excluding carboxylic acids is 1. The lowest BCUT2D eigenvalue weighted by Gasteiger charge is -2.20. The molecule has 0 radical (unpaired) electrons. The number of hydrogen-bond donors (Lipinski definition) is 1. The van der Waals surface area contributed by atoms with Gasteiger partial charge in [-0.05, 0) is 29.8 Å². The highest BCUT2D eigenvalue weighted by Gasteiger charge is 2.13. The van der Waals surface area contributed by atoms with Gasteiger partial charge < -0.3 is 5.32 Å². The predicted octanol–water partition coefficient (Wildman–Crippen LogP) is 3.02. The fourth-order valence-corrected chi connectivity index (χ4v) is 2.40. The van der Waals surface area contributed by atoms with Gasteiger partial charge in [-0.15, -0.1) is 0 Å². The van der Waals surface area contributed by atoms with E-state index in [-0.39, 0.29) is 6.03 Å². The van der Waals surface area contributed by atoms with E-state index in [0.717, 1.165) is 5.56 Å². The molecule has 2 aromatic rings. The first-order valence-electron chi connectivity index (χ1n) is 6.70. The van der Waals surface area contributed by atoms with E-state index in [1.165, 1.54) is 12.2 Å². The van der Waals surface area contributed by atoms with Crippen molar-refractivity contribution in [3.05, 3.63) is 60.2 Å². The summed E-state index contributed by atoms with van der Waals surface area (Å²) in [6.07, 6.45) is 1.61. The Kier molecular flexibility index (Phi) is 5.68. The number of nitrogens with zero attached hydrogens (tertiary/aromatic N) is 1. The fraction of sp³-hybridized carbons (Fsp3) is 0.188. The third-order valence-electron chi connectivity index (χ3n) is 3.05. The molecule has 2 amide bonds. The van der Waals surface area contributed by atoms with Gasteiger partial charge in [-0.1, -0.05) is 30.3 Å². The Balaban J connectivity index is 2.01. The summed E-state index contributed by atoms with van der Waals surface area (Å²) in [4.78, 5) is 18.0. The number of nitrogens with one attached hydrogen (secondary N) is 1. The number of benzene rings is 2. The van der Waals surface area contributed by atoms with Gasteiger partial charge in [0.25, 0.3) is 0 Å². The molecule has 0 bridgehead atoms. The summed E-state index contributed by atoms with van der Waals surface area (Å²) in [5, 5.41) is 3.98. The van der Waals surface area contributed by atoms with Crippen LogP contribution in [0.4, 0.5) is 10.5 Å². The summed E-state index contributed by atoms with van der Waals surface area (Å²) in [5.74, 6) is 0. The van der Waals surface area contributed by atoms with E-state index in [2.05, 4.69) is 5.32 Å². The van der Waals surface area contributed by atoms with Gasteiger partial charge in [0.2, 0.25) is 0 Å². The lowest BCUT2D eigenvalue weighted by molar-refractivity contribution is -0.0886. The molecule has 0 aliphatic heterocycles. The van der Waals surface area contributed by atoms with Crippen molar-refractivity contribution >= 4 is 22.5 Å². The van der Waals surface area contributed by atoms with Crippen molar-refractivity contribution in [1.29, 1.82) is 0 Å². The van der Waals surface area contributed by atoms with E-state index in [9.17, 15) is 9.00 Å². The zero-order valence-corrected chi connectivity index (χ0v) is 13.3. The van der Waals surface area contributed by atoms with E-state index in [1.807, 2.05) is 30.3 Å². The molecule has 0 aliphatic rings. The molecule has 0 saturated carbocycles. The molecule has 0 saturated heterocycles. The van der Waals surface area contributed by atoms with Crippen LogP contribution in [0.25, 0.3) is 0 Å². The number of carbonyl (C=O) groups is 1. The van der Waals surface area contributed by atoms with Gasteiger partial charge in [0, 0.05) is 27.6 Å². The second-order valence-electron chi connectivity index (χ2n) is 4.61. The molecule has 0 aliphatic carbocycles. The van der Waals surface area contributed by atoms with Gasteiger partial charge in [0.1, 0.15) is 0 Å². The van der Waals surface area contributed by atoms with Crippen LogP contribution in [-0.2, 0) is 22.2 Å². The normalized spacial score (nSPS) is 11.7. The first kappa shape index (κ1) is 16.2. The SMILES string of the molecule is CON(Cc1ccccc1)C(=O)Nc1ccc([S@](C)=O)cc1. The van der Waals surface area contributed by atoms with Crippen LogP contribution >= 0.6 is 0 Å². The minimum absolute atomic E-state index is 0.347. The third kappa shape index (κ3) is 4.41. The molecule has 2 aromatic carbocycles. The van der Waals surface area contributed by atoms with Crippen molar-refractivity contribution in [2.45, 2.75) is 11.4 Å². The number of rotatable bonds is 5. The Hall–Kier alpha value is -2.18. The molecule has 22 heavy (non-hydrogen) atoms. The molecule has 0 unspecified atom stereocenters. The van der Waals surface area contributed by atoms with Crippen LogP contribution in [0.5, 0.6) is 0 Å². The first-order chi connectivity index (χ1) is 10.6. The maximum atomic E-state index is 12.2. The topological polar surface area (TPSA) is 58.6 Å². The van der Waals surface area contributed by atoms with Crippen molar-refractivity contribution in [2.24, 2.45) is 0 Å². The molecular formula is C16H18N2O3S. The van der Waals surface area contributed by atoms with Crippen molar-refractivity contribution in [3.8, 4) is 0 Å². The highest BCUT2D eigenvalue weighted by molar-refractivity contribution is 7.84. The van der Waals surface area contributed by atoms with Crippen molar-refractivity contribution in [3.63, 3.8) is 0 Å². The maximum absolute atomic E-state index is 12.2. The second-order valence-corrected chi connectivity index (χ2v) is 5.99. The third-order valence-corrected chi connectivity index (χ3v) is 3.99. The lowest BCUT2D eigenvalue weighted by atomic mass is 10.2. The van der Waals surface area contributed by atoms with Crippen LogP contribution in [0.15, 0.2) is 59.5 Å². The quantitative estimate of drug-likeness (QED) is 0.862. The standard InChI is InChI=1S/C16H18N2O3S/c1-21-18(12-13-6-4-3-5-7-13)16(19)17-14-8-10-15(11-9-14)22(2)20/h3-11H,12H2,1-2H3,(H,17,19)/t22-/m0/s1. The summed E-state index contributed by atoms with van der Waals surface area (Å²) >= 11 is 0. The number of amides is 2. The fourth-order valence-electron chi connectivity index (χ4n) is 1.88. The molecule has 0 fully saturated rings. The van der Waals surface area contributed by atoms with Crippen LogP contribution in [0, 0.1) is 0 Å². The summed E-state index contributed by atoms with van der Waals surface area (Å²) in [6.45, 7) is 0.347. The predicted molar refractivity (Wildman–Crippen MR) is 86.8 cm³/mol. The Morgan fingerprint density at radius 1 is 1.14 bits per heavy atom. The summed E-state index contributed by atoms with van der Waals surface area (Å²) < 4.78 is 11.3. The van der Waals surface area contributed by atoms with Gasteiger partial charge in [-0.3, -0.25) is 9.05 Å². The van der Waals surface area contributed by atoms with E-state index < -0.39 is 10.8 Å². The van der Waals surface area contributed by atoms with Crippen LogP contribution in [0.3, 0.4) is 0 Å². The van der Waals surface area contributed by atoms with E-state index in [0.29, 0.717) is 17.1 Å². The van der Waals surface area contributed by atoms with E-state index in [1.54, 1.807) is 30.5 Å². The van der Waals surface area contributed by atoms with Gasteiger partial charge in [-0.2, -0.15) is 5.06 Å². The van der Waals surface area contributed by atoms with Gasteiger partial charge in [0.05, 0.1) is 13.7 Å². The van der Waals surface area contributed by atoms with E-state index >= 15 is 0 Å². The molecule has 5 nitrogen and oxygen atoms in total. The Morgan fingerprint density at radius 3 is 2.32 bits per heavy atom. The van der Waals surface area contributed by atoms with Crippen molar-refractivity contribution in [2.75, 3.05) is 18.7 Å². The Bertz CT molecular complexity index is 644. The second kappa shape index (κ2) is 7.72. The van der Waals surface area contributed by atoms with Crippen LogP contribution in [-0.4, -0.2) is 28.7 Å². The van der Waals surface area contributed by atoms with Crippen molar-refractivity contribution in [1.82, 2.24) is 5.06 Å². The smallest absolute Gasteiger partial charge is 0.306 e. The van der Waals surface area contributed by atoms with Crippen LogP contribution in [0.1, 0.15) is 5.56 Å². The molecule has 0 aromatic heterocycles. The van der Waals surface area contributed by atoms with Crippen LogP contribution < -0.4 is 5.32 Å². The highest BCUT2D eigenvalue weighted by atomic mass is 32.2. The van der Waals surface area contributed by atoms with Gasteiger partial charge in [0.15, 0.2) is 0 Å². The van der Waals surface area contributed by atoms with Gasteiger partial charge >= 0.3 is 6.03 Å². The average molecular weight is 318 g/mol. The number of urea groups is 1. The monoisotopic (exact) mass is 318 g/mol. The maximum Gasteiger partial charge on any atom is 0.346 e. The molecule has 116 valence electrons. The van der Waals surface area contributed by atoms with Crippen LogP contribution in [0.2, 0.25) is 0 Å². The molecule has 0 spiro atoms. The Labute approximate surface area is 132 Å². The molecular weight excluding hydrogens is 300 g/mol. The number of hydrogen-bond acceptors (Lipinski definition) is 3. The molecule has 1 atom stereocenters. The van der Waals surface area contributed by atoms with Crippen molar-refractivity contribution < 1.29 is 13.8 Å². The molecule has 1 N–H and O–H groups in total. The molecule has 2 rings (SSSR count).